The Morgan fingerprint density at radius 2 is 2.22 bits per heavy atom. The van der Waals surface area contributed by atoms with Crippen molar-refractivity contribution >= 4 is 11.8 Å². The average Bonchev–Trinajstić information content (AvgIpc) is 2.28. The number of allylic oxidation sites excluding steroid dienone is 1. The molecular formula is C14H24N2O2. The number of amidine groups is 1. The molecule has 0 spiro atoms. The van der Waals surface area contributed by atoms with Gasteiger partial charge in [-0.25, -0.2) is 4.79 Å². The third-order valence-corrected chi connectivity index (χ3v) is 2.73. The molecule has 0 aromatic heterocycles. The van der Waals surface area contributed by atoms with E-state index in [4.69, 9.17) is 4.74 Å². The monoisotopic (exact) mass is 252 g/mol. The molecule has 0 N–H and O–H groups in total. The minimum absolute atomic E-state index is 0.0494. The Kier molecular flexibility index (Phi) is 5.38. The summed E-state index contributed by atoms with van der Waals surface area (Å²) < 4.78 is 5.12. The van der Waals surface area contributed by atoms with Gasteiger partial charge in [-0.3, -0.25) is 4.99 Å². The van der Waals surface area contributed by atoms with Crippen molar-refractivity contribution in [3.05, 3.63) is 12.2 Å². The number of carbonyl (C=O) groups is 1. The van der Waals surface area contributed by atoms with Crippen molar-refractivity contribution in [2.45, 2.75) is 34.1 Å². The molecule has 0 saturated carbocycles. The van der Waals surface area contributed by atoms with Gasteiger partial charge in [-0.1, -0.05) is 26.8 Å². The van der Waals surface area contributed by atoms with Crippen molar-refractivity contribution < 1.29 is 9.53 Å². The lowest BCUT2D eigenvalue weighted by Gasteiger charge is -2.36. The van der Waals surface area contributed by atoms with Gasteiger partial charge in [0, 0.05) is 24.6 Å². The highest BCUT2D eigenvalue weighted by Gasteiger charge is 2.26. The molecule has 1 rings (SSSR count). The van der Waals surface area contributed by atoms with E-state index in [1.54, 1.807) is 13.0 Å². The highest BCUT2D eigenvalue weighted by Crippen LogP contribution is 2.21. The van der Waals surface area contributed by atoms with E-state index in [-0.39, 0.29) is 11.4 Å². The van der Waals surface area contributed by atoms with Gasteiger partial charge in [0.25, 0.3) is 0 Å². The van der Waals surface area contributed by atoms with E-state index in [0.717, 1.165) is 31.9 Å². The van der Waals surface area contributed by atoms with Crippen LogP contribution >= 0.6 is 0 Å². The van der Waals surface area contributed by atoms with Crippen molar-refractivity contribution in [1.29, 1.82) is 0 Å². The molecule has 1 aliphatic heterocycles. The van der Waals surface area contributed by atoms with E-state index in [0.29, 0.717) is 6.61 Å². The minimum atomic E-state index is -0.274. The van der Waals surface area contributed by atoms with Crippen LogP contribution < -0.4 is 0 Å². The van der Waals surface area contributed by atoms with Crippen LogP contribution in [0, 0.1) is 5.41 Å². The first-order valence-corrected chi connectivity index (χ1v) is 6.54. The molecular weight excluding hydrogens is 228 g/mol. The molecule has 1 aliphatic rings. The number of hydrogen-bond acceptors (Lipinski definition) is 4. The first kappa shape index (κ1) is 14.7. The summed E-state index contributed by atoms with van der Waals surface area (Å²) in [4.78, 5) is 18.0. The summed E-state index contributed by atoms with van der Waals surface area (Å²) in [5.74, 6) is 0.847. The smallest absolute Gasteiger partial charge is 0.330 e. The van der Waals surface area contributed by atoms with Crippen LogP contribution in [0.15, 0.2) is 17.1 Å². The number of rotatable bonds is 4. The Balaban J connectivity index is 2.48. The zero-order valence-corrected chi connectivity index (χ0v) is 11.9. The second-order valence-corrected chi connectivity index (χ2v) is 5.46. The number of esters is 1. The summed E-state index contributed by atoms with van der Waals surface area (Å²) in [5.41, 5.74) is 0.0494. The maximum atomic E-state index is 11.2. The number of hydrogen-bond donors (Lipinski definition) is 0. The Hall–Kier alpha value is -1.32. The summed E-state index contributed by atoms with van der Waals surface area (Å²) in [6.07, 6.45) is 4.20. The molecule has 4 nitrogen and oxygen atoms in total. The van der Waals surface area contributed by atoms with Crippen LogP contribution in [0.5, 0.6) is 0 Å². The lowest BCUT2D eigenvalue weighted by atomic mass is 9.93. The van der Waals surface area contributed by atoms with Crippen LogP contribution in [0.25, 0.3) is 0 Å². The van der Waals surface area contributed by atoms with Gasteiger partial charge in [-0.15, -0.1) is 0 Å². The Bertz CT molecular complexity index is 340. The Labute approximate surface area is 110 Å². The van der Waals surface area contributed by atoms with Crippen molar-refractivity contribution in [3.63, 3.8) is 0 Å². The molecule has 1 heterocycles. The summed E-state index contributed by atoms with van der Waals surface area (Å²) in [6, 6.07) is 0. The first-order valence-electron chi connectivity index (χ1n) is 6.54. The van der Waals surface area contributed by atoms with Gasteiger partial charge < -0.3 is 9.64 Å². The van der Waals surface area contributed by atoms with E-state index >= 15 is 0 Å². The molecule has 0 saturated heterocycles. The van der Waals surface area contributed by atoms with Crippen molar-refractivity contribution in [2.75, 3.05) is 26.2 Å². The largest absolute Gasteiger partial charge is 0.461 e. The van der Waals surface area contributed by atoms with Crippen molar-refractivity contribution in [3.8, 4) is 0 Å². The number of carbonyl (C=O) groups excluding carboxylic acids is 1. The van der Waals surface area contributed by atoms with Crippen molar-refractivity contribution in [2.24, 2.45) is 10.4 Å². The van der Waals surface area contributed by atoms with E-state index in [2.05, 4.69) is 30.7 Å². The third-order valence-electron chi connectivity index (χ3n) is 2.73. The lowest BCUT2D eigenvalue weighted by Crippen LogP contribution is -2.44. The summed E-state index contributed by atoms with van der Waals surface area (Å²) >= 11 is 0. The first-order chi connectivity index (χ1) is 8.45. The number of aliphatic imine (C=N–C) groups is 1. The van der Waals surface area contributed by atoms with Crippen LogP contribution in [-0.2, 0) is 9.53 Å². The molecule has 0 aliphatic carbocycles. The molecule has 0 aromatic carbocycles. The molecule has 0 amide bonds. The predicted octanol–water partition coefficient (Wildman–Crippen LogP) is 2.26. The van der Waals surface area contributed by atoms with E-state index < -0.39 is 0 Å². The third kappa shape index (κ3) is 4.51. The van der Waals surface area contributed by atoms with E-state index in [9.17, 15) is 4.79 Å². The second kappa shape index (κ2) is 6.57. The van der Waals surface area contributed by atoms with Crippen molar-refractivity contribution in [1.82, 2.24) is 4.90 Å². The molecule has 0 aromatic rings. The fourth-order valence-corrected chi connectivity index (χ4v) is 2.02. The fourth-order valence-electron chi connectivity index (χ4n) is 2.02. The van der Waals surface area contributed by atoms with Gasteiger partial charge in [0.1, 0.15) is 12.4 Å². The highest BCUT2D eigenvalue weighted by molar-refractivity contribution is 5.87. The van der Waals surface area contributed by atoms with Gasteiger partial charge in [0.05, 0.1) is 6.54 Å². The molecule has 0 fully saturated rings. The van der Waals surface area contributed by atoms with Crippen LogP contribution in [0.1, 0.15) is 34.1 Å². The molecule has 0 atom stereocenters. The standard InChI is InChI=1S/C14H24N2O2/c1-5-7-12(17)18-11-10-16-9-6-8-15-13(16)14(2,3)4/h5,7H,6,8-11H2,1-4H3. The molecule has 0 bridgehead atoms. The van der Waals surface area contributed by atoms with Gasteiger partial charge in [0.2, 0.25) is 0 Å². The normalized spacial score (nSPS) is 16.9. The predicted molar refractivity (Wildman–Crippen MR) is 73.7 cm³/mol. The summed E-state index contributed by atoms with van der Waals surface area (Å²) in [5, 5.41) is 0. The van der Waals surface area contributed by atoms with Crippen LogP contribution in [0.2, 0.25) is 0 Å². The van der Waals surface area contributed by atoms with Crippen LogP contribution in [-0.4, -0.2) is 42.9 Å². The molecule has 0 radical (unpaired) electrons. The van der Waals surface area contributed by atoms with E-state index in [1.807, 2.05) is 0 Å². The molecule has 4 heteroatoms. The van der Waals surface area contributed by atoms with Gasteiger partial charge in [0.15, 0.2) is 0 Å². The highest BCUT2D eigenvalue weighted by atomic mass is 16.5. The Morgan fingerprint density at radius 3 is 2.83 bits per heavy atom. The minimum Gasteiger partial charge on any atom is -0.461 e. The van der Waals surface area contributed by atoms with Gasteiger partial charge >= 0.3 is 5.97 Å². The van der Waals surface area contributed by atoms with Crippen LogP contribution in [0.3, 0.4) is 0 Å². The molecule has 102 valence electrons. The zero-order chi connectivity index (χ0) is 13.6. The molecule has 0 unspecified atom stereocenters. The quantitative estimate of drug-likeness (QED) is 0.569. The number of ether oxygens (including phenoxy) is 1. The maximum Gasteiger partial charge on any atom is 0.330 e. The van der Waals surface area contributed by atoms with Gasteiger partial charge in [-0.2, -0.15) is 0 Å². The van der Waals surface area contributed by atoms with E-state index in [1.165, 1.54) is 6.08 Å². The Morgan fingerprint density at radius 1 is 1.50 bits per heavy atom. The number of nitrogens with zero attached hydrogens (tertiary/aromatic N) is 2. The summed E-state index contributed by atoms with van der Waals surface area (Å²) in [6.45, 7) is 11.3. The second-order valence-electron chi connectivity index (χ2n) is 5.46. The molecule has 18 heavy (non-hydrogen) atoms. The zero-order valence-electron chi connectivity index (χ0n) is 11.9. The average molecular weight is 252 g/mol. The maximum absolute atomic E-state index is 11.2. The van der Waals surface area contributed by atoms with Crippen LogP contribution in [0.4, 0.5) is 0 Å². The lowest BCUT2D eigenvalue weighted by molar-refractivity contribution is -0.137. The fraction of sp³-hybridized carbons (Fsp3) is 0.714. The topological polar surface area (TPSA) is 41.9 Å². The summed E-state index contributed by atoms with van der Waals surface area (Å²) in [7, 11) is 0. The SMILES string of the molecule is CC=CC(=O)OCCN1CCCN=C1C(C)(C)C. The van der Waals surface area contributed by atoms with Gasteiger partial charge in [-0.05, 0) is 13.3 Å².